The van der Waals surface area contributed by atoms with Gasteiger partial charge in [0.15, 0.2) is 0 Å². The van der Waals surface area contributed by atoms with Crippen LogP contribution in [0.1, 0.15) is 5.56 Å². The van der Waals surface area contributed by atoms with Gasteiger partial charge >= 0.3 is 0 Å². The smallest absolute Gasteiger partial charge is 0.144 e. The van der Waals surface area contributed by atoms with Gasteiger partial charge < -0.3 is 5.11 Å². The zero-order valence-corrected chi connectivity index (χ0v) is 9.97. The molecule has 1 radical (unpaired) electrons. The zero-order chi connectivity index (χ0) is 12.1. The van der Waals surface area contributed by atoms with E-state index < -0.39 is 0 Å². The van der Waals surface area contributed by atoms with Gasteiger partial charge in [0.1, 0.15) is 5.82 Å². The number of aliphatic hydroxyl groups is 1. The van der Waals surface area contributed by atoms with E-state index in [9.17, 15) is 0 Å². The van der Waals surface area contributed by atoms with Gasteiger partial charge in [0.25, 0.3) is 0 Å². The Bertz CT molecular complexity index is 333. The third kappa shape index (κ3) is 3.66. The number of nitrogens with one attached hydrogen (secondary N) is 1. The van der Waals surface area contributed by atoms with Crippen molar-refractivity contribution < 1.29 is 5.11 Å². The second-order valence-electron chi connectivity index (χ2n) is 4.39. The molecule has 5 nitrogen and oxygen atoms in total. The summed E-state index contributed by atoms with van der Waals surface area (Å²) in [6.07, 6.45) is 1.78. The molecule has 0 spiro atoms. The van der Waals surface area contributed by atoms with Crippen LogP contribution in [0, 0.1) is 0 Å². The van der Waals surface area contributed by atoms with Gasteiger partial charge in [-0.3, -0.25) is 15.5 Å². The van der Waals surface area contributed by atoms with E-state index in [1.165, 1.54) is 0 Å². The molecule has 1 saturated heterocycles. The molecular formula is C12H19N4O. The lowest BCUT2D eigenvalue weighted by Gasteiger charge is -2.34. The van der Waals surface area contributed by atoms with Gasteiger partial charge in [0.2, 0.25) is 0 Å². The monoisotopic (exact) mass is 235 g/mol. The average molecular weight is 235 g/mol. The molecule has 93 valence electrons. The quantitative estimate of drug-likeness (QED) is 0.804. The third-order valence-corrected chi connectivity index (χ3v) is 3.11. The van der Waals surface area contributed by atoms with E-state index in [1.54, 1.807) is 12.3 Å². The molecule has 1 aliphatic heterocycles. The number of aliphatic hydroxyl groups excluding tert-OH is 1. The van der Waals surface area contributed by atoms with E-state index in [2.05, 4.69) is 14.8 Å². The minimum atomic E-state index is 0.245. The Balaban J connectivity index is 1.79. The van der Waals surface area contributed by atoms with E-state index in [-0.39, 0.29) is 6.61 Å². The predicted octanol–water partition coefficient (Wildman–Crippen LogP) is 0.106. The first-order chi connectivity index (χ1) is 8.28. The van der Waals surface area contributed by atoms with Gasteiger partial charge in [-0.15, -0.1) is 0 Å². The number of hydrogen-bond donors (Lipinski definition) is 1. The Morgan fingerprint density at radius 1 is 1.18 bits per heavy atom. The van der Waals surface area contributed by atoms with Crippen LogP contribution in [0.15, 0.2) is 18.3 Å². The third-order valence-electron chi connectivity index (χ3n) is 3.11. The topological polar surface area (TPSA) is 63.4 Å². The molecule has 0 aliphatic carbocycles. The molecule has 2 N–H and O–H groups in total. The van der Waals surface area contributed by atoms with Crippen LogP contribution >= 0.6 is 0 Å². The van der Waals surface area contributed by atoms with E-state index in [0.717, 1.165) is 44.8 Å². The number of hydrogen-bond acceptors (Lipinski definition) is 4. The Labute approximate surface area is 102 Å². The van der Waals surface area contributed by atoms with Crippen LogP contribution < -0.4 is 5.73 Å². The minimum Gasteiger partial charge on any atom is -0.395 e. The first-order valence-electron chi connectivity index (χ1n) is 6.00. The Kier molecular flexibility index (Phi) is 4.30. The molecule has 1 fully saturated rings. The molecule has 0 amide bonds. The lowest BCUT2D eigenvalue weighted by atomic mass is 10.2. The van der Waals surface area contributed by atoms with Crippen LogP contribution in [-0.2, 0) is 6.54 Å². The summed E-state index contributed by atoms with van der Waals surface area (Å²) in [6, 6.07) is 3.70. The van der Waals surface area contributed by atoms with Crippen molar-refractivity contribution in [3.63, 3.8) is 0 Å². The molecule has 0 saturated carbocycles. The number of β-amino-alcohol motifs (C(OH)–C–C–N with tert-alkyl or cyclic N) is 1. The average Bonchev–Trinajstić information content (AvgIpc) is 2.35. The summed E-state index contributed by atoms with van der Waals surface area (Å²) in [5, 5.41) is 8.86. The van der Waals surface area contributed by atoms with E-state index in [0.29, 0.717) is 5.82 Å². The van der Waals surface area contributed by atoms with E-state index in [4.69, 9.17) is 10.8 Å². The van der Waals surface area contributed by atoms with Gasteiger partial charge in [-0.1, -0.05) is 6.07 Å². The fourth-order valence-corrected chi connectivity index (χ4v) is 2.09. The van der Waals surface area contributed by atoms with Gasteiger partial charge in [-0.25, -0.2) is 4.98 Å². The van der Waals surface area contributed by atoms with Crippen LogP contribution in [0.2, 0.25) is 0 Å². The van der Waals surface area contributed by atoms with Crippen molar-refractivity contribution >= 4 is 5.82 Å². The summed E-state index contributed by atoms with van der Waals surface area (Å²) in [5.74, 6) is 0.321. The molecule has 2 rings (SSSR count). The summed E-state index contributed by atoms with van der Waals surface area (Å²) in [4.78, 5) is 8.65. The SMILES string of the molecule is [NH]c1ccc(CN2CCN(CCO)CC2)cn1. The molecule has 0 bridgehead atoms. The molecule has 0 aromatic carbocycles. The molecule has 17 heavy (non-hydrogen) atoms. The number of piperazine rings is 1. The normalized spacial score (nSPS) is 18.4. The standard InChI is InChI=1S/C12H19N4O/c13-12-2-1-11(9-14-12)10-16-5-3-15(4-6-16)7-8-17/h1-2,9,13,17H,3-8,10H2. The summed E-state index contributed by atoms with van der Waals surface area (Å²) in [7, 11) is 0. The first kappa shape index (κ1) is 12.3. The largest absolute Gasteiger partial charge is 0.395 e. The second kappa shape index (κ2) is 5.95. The van der Waals surface area contributed by atoms with Gasteiger partial charge in [-0.05, 0) is 11.6 Å². The highest BCUT2D eigenvalue weighted by Gasteiger charge is 2.16. The lowest BCUT2D eigenvalue weighted by Crippen LogP contribution is -2.46. The van der Waals surface area contributed by atoms with Crippen LogP contribution in [0.25, 0.3) is 0 Å². The zero-order valence-electron chi connectivity index (χ0n) is 9.97. The van der Waals surface area contributed by atoms with Crippen molar-refractivity contribution in [2.45, 2.75) is 6.54 Å². The highest BCUT2D eigenvalue weighted by atomic mass is 16.3. The fraction of sp³-hybridized carbons (Fsp3) is 0.583. The van der Waals surface area contributed by atoms with E-state index in [1.807, 2.05) is 6.07 Å². The summed E-state index contributed by atoms with van der Waals surface area (Å²) < 4.78 is 0. The molecular weight excluding hydrogens is 216 g/mol. The Morgan fingerprint density at radius 3 is 2.47 bits per heavy atom. The number of pyridine rings is 1. The summed E-state index contributed by atoms with van der Waals surface area (Å²) in [6.45, 7) is 6.03. The Morgan fingerprint density at radius 2 is 1.88 bits per heavy atom. The molecule has 1 aromatic heterocycles. The first-order valence-corrected chi connectivity index (χ1v) is 6.00. The molecule has 0 unspecified atom stereocenters. The molecule has 5 heteroatoms. The van der Waals surface area contributed by atoms with Crippen LogP contribution in [0.4, 0.5) is 5.82 Å². The summed E-state index contributed by atoms with van der Waals surface area (Å²) >= 11 is 0. The highest BCUT2D eigenvalue weighted by Crippen LogP contribution is 2.09. The molecule has 0 atom stereocenters. The summed E-state index contributed by atoms with van der Waals surface area (Å²) in [5.41, 5.74) is 8.49. The van der Waals surface area contributed by atoms with Crippen molar-refractivity contribution in [3.05, 3.63) is 23.9 Å². The molecule has 2 heterocycles. The predicted molar refractivity (Wildman–Crippen MR) is 65.8 cm³/mol. The number of aromatic nitrogens is 1. The highest BCUT2D eigenvalue weighted by molar-refractivity contribution is 5.25. The van der Waals surface area contributed by atoms with Crippen molar-refractivity contribution in [3.8, 4) is 0 Å². The van der Waals surface area contributed by atoms with Crippen LogP contribution in [0.5, 0.6) is 0 Å². The second-order valence-corrected chi connectivity index (χ2v) is 4.39. The maximum Gasteiger partial charge on any atom is 0.144 e. The molecule has 1 aromatic rings. The van der Waals surface area contributed by atoms with Crippen molar-refractivity contribution in [1.82, 2.24) is 20.5 Å². The van der Waals surface area contributed by atoms with Gasteiger partial charge in [0.05, 0.1) is 6.61 Å². The van der Waals surface area contributed by atoms with Crippen molar-refractivity contribution in [2.24, 2.45) is 0 Å². The fourth-order valence-electron chi connectivity index (χ4n) is 2.09. The van der Waals surface area contributed by atoms with Gasteiger partial charge in [-0.2, -0.15) is 0 Å². The maximum atomic E-state index is 8.86. The number of rotatable bonds is 4. The molecule has 1 aliphatic rings. The number of nitrogens with zero attached hydrogens (tertiary/aromatic N) is 3. The lowest BCUT2D eigenvalue weighted by molar-refractivity contribution is 0.108. The van der Waals surface area contributed by atoms with Crippen molar-refractivity contribution in [1.29, 1.82) is 0 Å². The van der Waals surface area contributed by atoms with Gasteiger partial charge in [0, 0.05) is 45.5 Å². The van der Waals surface area contributed by atoms with Crippen LogP contribution in [-0.4, -0.2) is 59.2 Å². The van der Waals surface area contributed by atoms with Crippen LogP contribution in [0.3, 0.4) is 0 Å². The maximum absolute atomic E-state index is 8.86. The van der Waals surface area contributed by atoms with Crippen molar-refractivity contribution in [2.75, 3.05) is 39.3 Å². The minimum absolute atomic E-state index is 0.245. The Hall–Kier alpha value is -1.17. The van der Waals surface area contributed by atoms with E-state index >= 15 is 0 Å².